The van der Waals surface area contributed by atoms with E-state index in [1.807, 2.05) is 0 Å². The van der Waals surface area contributed by atoms with E-state index in [1.54, 1.807) is 43.5 Å². The molecule has 1 atom stereocenters. The van der Waals surface area contributed by atoms with Crippen LogP contribution in [-0.4, -0.2) is 31.8 Å². The summed E-state index contributed by atoms with van der Waals surface area (Å²) in [5, 5.41) is 8.85. The average Bonchev–Trinajstić information content (AvgIpc) is 2.56. The third-order valence-electron chi connectivity index (χ3n) is 2.65. The lowest BCUT2D eigenvalue weighted by Crippen LogP contribution is -2.23. The van der Waals surface area contributed by atoms with Gasteiger partial charge in [0.05, 0.1) is 7.11 Å². The molecular formula is C17H17NO5. The fraction of sp³-hybridized carbons (Fsp3) is 0.235. The van der Waals surface area contributed by atoms with Crippen LogP contribution in [0.15, 0.2) is 42.5 Å². The van der Waals surface area contributed by atoms with Crippen LogP contribution in [0.4, 0.5) is 0 Å². The van der Waals surface area contributed by atoms with Crippen molar-refractivity contribution < 1.29 is 23.8 Å². The molecule has 6 heteroatoms. The van der Waals surface area contributed by atoms with Gasteiger partial charge < -0.3 is 14.2 Å². The summed E-state index contributed by atoms with van der Waals surface area (Å²) in [6.45, 7) is 4.51. The Balaban J connectivity index is 2.48. The van der Waals surface area contributed by atoms with Gasteiger partial charge in [0, 0.05) is 11.6 Å². The maximum atomic E-state index is 11.6. The minimum atomic E-state index is -1.17. The molecule has 0 N–H and O–H groups in total. The topological polar surface area (TPSA) is 85.6 Å². The molecule has 0 amide bonds. The monoisotopic (exact) mass is 315 g/mol. The number of ether oxygens (including phenoxy) is 3. The lowest BCUT2D eigenvalue weighted by atomic mass is 10.2. The molecule has 0 aliphatic heterocycles. The van der Waals surface area contributed by atoms with E-state index < -0.39 is 18.0 Å². The number of benzene rings is 1. The van der Waals surface area contributed by atoms with Crippen LogP contribution >= 0.6 is 0 Å². The number of nitriles is 1. The molecule has 1 unspecified atom stereocenters. The van der Waals surface area contributed by atoms with Crippen LogP contribution in [0, 0.1) is 11.3 Å². The Kier molecular flexibility index (Phi) is 7.08. The molecule has 0 radical (unpaired) electrons. The van der Waals surface area contributed by atoms with Gasteiger partial charge in [-0.1, -0.05) is 18.7 Å². The summed E-state index contributed by atoms with van der Waals surface area (Å²) < 4.78 is 14.7. The van der Waals surface area contributed by atoms with Gasteiger partial charge in [0.15, 0.2) is 0 Å². The number of hydrogen-bond donors (Lipinski definition) is 0. The quantitative estimate of drug-likeness (QED) is 0.567. The smallest absolute Gasteiger partial charge is 0.334 e. The van der Waals surface area contributed by atoms with Crippen molar-refractivity contribution in [2.24, 2.45) is 0 Å². The van der Waals surface area contributed by atoms with E-state index in [0.717, 1.165) is 5.56 Å². The van der Waals surface area contributed by atoms with Gasteiger partial charge in [-0.2, -0.15) is 5.26 Å². The molecule has 23 heavy (non-hydrogen) atoms. The van der Waals surface area contributed by atoms with Crippen molar-refractivity contribution in [2.75, 3.05) is 13.7 Å². The van der Waals surface area contributed by atoms with Gasteiger partial charge in [-0.25, -0.2) is 9.59 Å². The largest absolute Gasteiger partial charge is 0.497 e. The highest BCUT2D eigenvalue weighted by Gasteiger charge is 2.15. The molecule has 0 saturated carbocycles. The van der Waals surface area contributed by atoms with E-state index in [1.165, 1.54) is 13.0 Å². The summed E-state index contributed by atoms with van der Waals surface area (Å²) in [5.41, 5.74) is 0.948. The normalized spacial score (nSPS) is 11.3. The van der Waals surface area contributed by atoms with Crippen molar-refractivity contribution in [3.05, 3.63) is 48.1 Å². The van der Waals surface area contributed by atoms with Gasteiger partial charge in [0.1, 0.15) is 18.4 Å². The van der Waals surface area contributed by atoms with Crippen LogP contribution in [0.3, 0.4) is 0 Å². The minimum Gasteiger partial charge on any atom is -0.497 e. The van der Waals surface area contributed by atoms with Crippen LogP contribution in [-0.2, 0) is 19.1 Å². The van der Waals surface area contributed by atoms with Gasteiger partial charge in [-0.05, 0) is 30.7 Å². The third-order valence-corrected chi connectivity index (χ3v) is 2.65. The SMILES string of the molecule is C=C(C)C(=O)OC(C#N)COC(=O)C=Cc1ccc(OC)cc1. The summed E-state index contributed by atoms with van der Waals surface area (Å²) in [5.74, 6) is -0.644. The van der Waals surface area contributed by atoms with Crippen LogP contribution < -0.4 is 4.74 Å². The lowest BCUT2D eigenvalue weighted by Gasteiger charge is -2.10. The number of methoxy groups -OCH3 is 1. The van der Waals surface area contributed by atoms with E-state index in [-0.39, 0.29) is 12.2 Å². The predicted octanol–water partition coefficient (Wildman–Crippen LogP) is 2.26. The zero-order valence-corrected chi connectivity index (χ0v) is 12.9. The standard InChI is InChI=1S/C17H17NO5/c1-12(2)17(20)23-15(10-18)11-22-16(19)9-6-13-4-7-14(21-3)8-5-13/h4-9,15H,1,11H2,2-3H3. The van der Waals surface area contributed by atoms with Crippen molar-refractivity contribution in [1.82, 2.24) is 0 Å². The Labute approximate surface area is 134 Å². The average molecular weight is 315 g/mol. The molecule has 0 aliphatic rings. The van der Waals surface area contributed by atoms with Crippen LogP contribution in [0.5, 0.6) is 5.75 Å². The lowest BCUT2D eigenvalue weighted by molar-refractivity contribution is -0.150. The van der Waals surface area contributed by atoms with Crippen molar-refractivity contribution in [2.45, 2.75) is 13.0 Å². The molecule has 1 aromatic rings. The molecule has 0 heterocycles. The summed E-state index contributed by atoms with van der Waals surface area (Å²) in [7, 11) is 1.56. The molecular weight excluding hydrogens is 298 g/mol. The van der Waals surface area contributed by atoms with Gasteiger partial charge >= 0.3 is 11.9 Å². The number of rotatable bonds is 7. The molecule has 0 fully saturated rings. The molecule has 0 aromatic heterocycles. The molecule has 0 aliphatic carbocycles. The first-order chi connectivity index (χ1) is 11.0. The molecule has 6 nitrogen and oxygen atoms in total. The molecule has 1 aromatic carbocycles. The molecule has 0 saturated heterocycles. The molecule has 1 rings (SSSR count). The van der Waals surface area contributed by atoms with Crippen molar-refractivity contribution in [3.63, 3.8) is 0 Å². The molecule has 0 bridgehead atoms. The van der Waals surface area contributed by atoms with Crippen LogP contribution in [0.2, 0.25) is 0 Å². The maximum Gasteiger partial charge on any atom is 0.334 e. The number of nitrogens with zero attached hydrogens (tertiary/aromatic N) is 1. The number of carbonyl (C=O) groups is 2. The second-order valence-corrected chi connectivity index (χ2v) is 4.54. The highest BCUT2D eigenvalue weighted by Crippen LogP contribution is 2.12. The first-order valence-electron chi connectivity index (χ1n) is 6.71. The van der Waals surface area contributed by atoms with Gasteiger partial charge in [0.25, 0.3) is 0 Å². The Morgan fingerprint density at radius 3 is 2.52 bits per heavy atom. The molecule has 0 spiro atoms. The summed E-state index contributed by atoms with van der Waals surface area (Å²) >= 11 is 0. The second-order valence-electron chi connectivity index (χ2n) is 4.54. The van der Waals surface area contributed by atoms with Crippen LogP contribution in [0.1, 0.15) is 12.5 Å². The van der Waals surface area contributed by atoms with E-state index in [9.17, 15) is 9.59 Å². The maximum absolute atomic E-state index is 11.6. The van der Waals surface area contributed by atoms with E-state index in [2.05, 4.69) is 6.58 Å². The van der Waals surface area contributed by atoms with Crippen molar-refractivity contribution in [3.8, 4) is 11.8 Å². The Morgan fingerprint density at radius 1 is 1.35 bits per heavy atom. The summed E-state index contributed by atoms with van der Waals surface area (Å²) in [6.07, 6.45) is 1.61. The number of carbonyl (C=O) groups excluding carboxylic acids is 2. The zero-order chi connectivity index (χ0) is 17.2. The van der Waals surface area contributed by atoms with E-state index in [4.69, 9.17) is 19.5 Å². The zero-order valence-electron chi connectivity index (χ0n) is 12.9. The van der Waals surface area contributed by atoms with Crippen molar-refractivity contribution in [1.29, 1.82) is 5.26 Å². The fourth-order valence-corrected chi connectivity index (χ4v) is 1.41. The fourth-order valence-electron chi connectivity index (χ4n) is 1.41. The Bertz CT molecular complexity index is 640. The van der Waals surface area contributed by atoms with Crippen molar-refractivity contribution >= 4 is 18.0 Å². The second kappa shape index (κ2) is 9.05. The summed E-state index contributed by atoms with van der Waals surface area (Å²) in [4.78, 5) is 22.9. The Hall–Kier alpha value is -3.07. The number of hydrogen-bond acceptors (Lipinski definition) is 6. The van der Waals surface area contributed by atoms with Gasteiger partial charge in [-0.3, -0.25) is 0 Å². The predicted molar refractivity (Wildman–Crippen MR) is 83.3 cm³/mol. The third kappa shape index (κ3) is 6.48. The van der Waals surface area contributed by atoms with E-state index in [0.29, 0.717) is 5.75 Å². The van der Waals surface area contributed by atoms with Crippen LogP contribution in [0.25, 0.3) is 6.08 Å². The minimum absolute atomic E-state index is 0.163. The first-order valence-corrected chi connectivity index (χ1v) is 6.71. The Morgan fingerprint density at radius 2 is 2.00 bits per heavy atom. The highest BCUT2D eigenvalue weighted by atomic mass is 16.6. The van der Waals surface area contributed by atoms with Gasteiger partial charge in [0.2, 0.25) is 6.10 Å². The van der Waals surface area contributed by atoms with Gasteiger partial charge in [-0.15, -0.1) is 0 Å². The van der Waals surface area contributed by atoms with E-state index >= 15 is 0 Å². The summed E-state index contributed by atoms with van der Waals surface area (Å²) in [6, 6.07) is 8.79. The number of esters is 2. The molecule has 120 valence electrons. The highest BCUT2D eigenvalue weighted by molar-refractivity contribution is 5.88. The first kappa shape index (κ1) is 18.0.